The summed E-state index contributed by atoms with van der Waals surface area (Å²) in [5.41, 5.74) is 2.95. The molecule has 0 spiro atoms. The molecule has 6 nitrogen and oxygen atoms in total. The third-order valence-corrected chi connectivity index (χ3v) is 2.61. The van der Waals surface area contributed by atoms with Crippen molar-refractivity contribution in [2.45, 2.75) is 13.8 Å². The third-order valence-electron chi connectivity index (χ3n) is 2.61. The van der Waals surface area contributed by atoms with Crippen LogP contribution in [-0.2, 0) is 4.84 Å². The zero-order chi connectivity index (χ0) is 15.2. The van der Waals surface area contributed by atoms with E-state index in [1.165, 1.54) is 18.3 Å². The Balaban J connectivity index is 2.05. The Kier molecular flexibility index (Phi) is 4.78. The summed E-state index contributed by atoms with van der Waals surface area (Å²) in [6, 6.07) is 6.07. The van der Waals surface area contributed by atoms with Crippen LogP contribution in [0, 0.1) is 12.7 Å². The second kappa shape index (κ2) is 6.76. The van der Waals surface area contributed by atoms with Crippen molar-refractivity contribution < 1.29 is 14.0 Å². The van der Waals surface area contributed by atoms with Crippen LogP contribution in [0.15, 0.2) is 30.5 Å². The van der Waals surface area contributed by atoms with Gasteiger partial charge in [0.15, 0.2) is 0 Å². The molecule has 1 amide bonds. The molecule has 2 aromatic heterocycles. The minimum absolute atomic E-state index is 0.299. The highest BCUT2D eigenvalue weighted by Crippen LogP contribution is 2.14. The standard InChI is InChI=1S/C14H15FN4O2/c1-3-21-19-14(20)10-4-6-12(16-8-10)18-13-7-5-11(15)9(2)17-13/h4-8H,3H2,1-2H3,(H,19,20)(H,16,17,18). The topological polar surface area (TPSA) is 76.1 Å². The quantitative estimate of drug-likeness (QED) is 0.827. The number of pyridine rings is 2. The molecule has 0 aliphatic rings. The van der Waals surface area contributed by atoms with Gasteiger partial charge in [-0.05, 0) is 38.1 Å². The van der Waals surface area contributed by atoms with Crippen molar-refractivity contribution in [2.75, 3.05) is 11.9 Å². The molecule has 0 radical (unpaired) electrons. The minimum atomic E-state index is -0.369. The smallest absolute Gasteiger partial charge is 0.276 e. The highest BCUT2D eigenvalue weighted by atomic mass is 19.1. The summed E-state index contributed by atoms with van der Waals surface area (Å²) < 4.78 is 13.1. The minimum Gasteiger partial charge on any atom is -0.325 e. The number of amides is 1. The Bertz CT molecular complexity index is 631. The van der Waals surface area contributed by atoms with Gasteiger partial charge in [0.25, 0.3) is 5.91 Å². The van der Waals surface area contributed by atoms with E-state index in [2.05, 4.69) is 20.8 Å². The molecule has 2 heterocycles. The van der Waals surface area contributed by atoms with Gasteiger partial charge >= 0.3 is 0 Å². The van der Waals surface area contributed by atoms with Crippen LogP contribution in [0.25, 0.3) is 0 Å². The second-order valence-corrected chi connectivity index (χ2v) is 4.19. The first kappa shape index (κ1) is 14.9. The fourth-order valence-electron chi connectivity index (χ4n) is 1.54. The molecular formula is C14H15FN4O2. The molecule has 2 rings (SSSR count). The molecule has 2 N–H and O–H groups in total. The first-order chi connectivity index (χ1) is 10.1. The van der Waals surface area contributed by atoms with Gasteiger partial charge < -0.3 is 5.32 Å². The van der Waals surface area contributed by atoms with E-state index < -0.39 is 0 Å². The van der Waals surface area contributed by atoms with Crippen molar-refractivity contribution in [3.05, 3.63) is 47.5 Å². The Morgan fingerprint density at radius 2 is 2.05 bits per heavy atom. The van der Waals surface area contributed by atoms with E-state index in [1.807, 2.05) is 0 Å². The molecule has 0 aliphatic carbocycles. The first-order valence-electron chi connectivity index (χ1n) is 6.38. The summed E-state index contributed by atoms with van der Waals surface area (Å²) in [7, 11) is 0. The highest BCUT2D eigenvalue weighted by Gasteiger charge is 2.06. The van der Waals surface area contributed by atoms with E-state index in [0.717, 1.165) is 0 Å². The van der Waals surface area contributed by atoms with Crippen LogP contribution in [-0.4, -0.2) is 22.5 Å². The Labute approximate surface area is 121 Å². The van der Waals surface area contributed by atoms with Gasteiger partial charge in [-0.2, -0.15) is 0 Å². The van der Waals surface area contributed by atoms with Gasteiger partial charge in [0.1, 0.15) is 17.5 Å². The molecule has 0 aliphatic heterocycles. The highest BCUT2D eigenvalue weighted by molar-refractivity contribution is 5.93. The van der Waals surface area contributed by atoms with Crippen molar-refractivity contribution in [1.82, 2.24) is 15.4 Å². The fraction of sp³-hybridized carbons (Fsp3) is 0.214. The average Bonchev–Trinajstić information content (AvgIpc) is 2.49. The molecule has 0 fully saturated rings. The number of hydroxylamine groups is 1. The van der Waals surface area contributed by atoms with Crippen LogP contribution in [0.1, 0.15) is 23.0 Å². The maximum atomic E-state index is 13.1. The number of anilines is 2. The maximum absolute atomic E-state index is 13.1. The summed E-state index contributed by atoms with van der Waals surface area (Å²) in [6.07, 6.45) is 1.41. The first-order valence-corrected chi connectivity index (χ1v) is 6.38. The molecule has 0 saturated carbocycles. The summed E-state index contributed by atoms with van der Waals surface area (Å²) in [5.74, 6) is 0.248. The summed E-state index contributed by atoms with van der Waals surface area (Å²) in [4.78, 5) is 24.6. The van der Waals surface area contributed by atoms with Gasteiger partial charge in [-0.3, -0.25) is 9.63 Å². The van der Waals surface area contributed by atoms with Crippen molar-refractivity contribution in [3.8, 4) is 0 Å². The van der Waals surface area contributed by atoms with Crippen LogP contribution >= 0.6 is 0 Å². The summed E-state index contributed by atoms with van der Waals surface area (Å²) in [6.45, 7) is 3.73. The summed E-state index contributed by atoms with van der Waals surface area (Å²) in [5, 5.41) is 2.93. The van der Waals surface area contributed by atoms with Gasteiger partial charge in [-0.1, -0.05) is 0 Å². The van der Waals surface area contributed by atoms with E-state index in [-0.39, 0.29) is 11.7 Å². The van der Waals surface area contributed by atoms with Crippen molar-refractivity contribution in [2.24, 2.45) is 0 Å². The monoisotopic (exact) mass is 290 g/mol. The predicted octanol–water partition coefficient (Wildman–Crippen LogP) is 2.35. The number of carbonyl (C=O) groups excluding carboxylic acids is 1. The number of aromatic nitrogens is 2. The number of nitrogens with zero attached hydrogens (tertiary/aromatic N) is 2. The number of carbonyl (C=O) groups is 1. The van der Waals surface area contributed by atoms with Crippen LogP contribution in [0.5, 0.6) is 0 Å². The fourth-order valence-corrected chi connectivity index (χ4v) is 1.54. The van der Waals surface area contributed by atoms with Crippen LogP contribution in [0.4, 0.5) is 16.0 Å². The maximum Gasteiger partial charge on any atom is 0.276 e. The number of hydrogen-bond donors (Lipinski definition) is 2. The lowest BCUT2D eigenvalue weighted by Crippen LogP contribution is -2.23. The van der Waals surface area contributed by atoms with Crippen LogP contribution in [0.3, 0.4) is 0 Å². The number of hydrogen-bond acceptors (Lipinski definition) is 5. The predicted molar refractivity (Wildman–Crippen MR) is 75.5 cm³/mol. The summed E-state index contributed by atoms with van der Waals surface area (Å²) >= 11 is 0. The normalized spacial score (nSPS) is 10.2. The molecule has 7 heteroatoms. The number of nitrogens with one attached hydrogen (secondary N) is 2. The average molecular weight is 290 g/mol. The Morgan fingerprint density at radius 1 is 1.29 bits per heavy atom. The molecule has 2 aromatic rings. The molecule has 0 atom stereocenters. The van der Waals surface area contributed by atoms with Crippen molar-refractivity contribution in [3.63, 3.8) is 0 Å². The van der Waals surface area contributed by atoms with Gasteiger partial charge in [0.05, 0.1) is 17.9 Å². The Morgan fingerprint density at radius 3 is 2.67 bits per heavy atom. The Hall–Kier alpha value is -2.54. The molecule has 21 heavy (non-hydrogen) atoms. The zero-order valence-corrected chi connectivity index (χ0v) is 11.7. The largest absolute Gasteiger partial charge is 0.325 e. The molecule has 0 saturated heterocycles. The molecule has 110 valence electrons. The SMILES string of the molecule is CCONC(=O)c1ccc(Nc2ccc(F)c(C)n2)nc1. The lowest BCUT2D eigenvalue weighted by Gasteiger charge is -2.07. The van der Waals surface area contributed by atoms with E-state index in [0.29, 0.717) is 29.5 Å². The molecule has 0 aromatic carbocycles. The molecule has 0 unspecified atom stereocenters. The van der Waals surface area contributed by atoms with E-state index in [9.17, 15) is 9.18 Å². The zero-order valence-electron chi connectivity index (χ0n) is 11.7. The van der Waals surface area contributed by atoms with E-state index in [4.69, 9.17) is 4.84 Å². The van der Waals surface area contributed by atoms with Gasteiger partial charge in [0, 0.05) is 6.20 Å². The van der Waals surface area contributed by atoms with Gasteiger partial charge in [0.2, 0.25) is 0 Å². The molecule has 0 bridgehead atoms. The molecular weight excluding hydrogens is 275 g/mol. The number of halogens is 1. The lowest BCUT2D eigenvalue weighted by molar-refractivity contribution is 0.0364. The number of aryl methyl sites for hydroxylation is 1. The van der Waals surface area contributed by atoms with E-state index in [1.54, 1.807) is 26.0 Å². The second-order valence-electron chi connectivity index (χ2n) is 4.19. The third kappa shape index (κ3) is 3.96. The van der Waals surface area contributed by atoms with Crippen molar-refractivity contribution in [1.29, 1.82) is 0 Å². The lowest BCUT2D eigenvalue weighted by atomic mass is 10.2. The van der Waals surface area contributed by atoms with Crippen LogP contribution < -0.4 is 10.8 Å². The van der Waals surface area contributed by atoms with E-state index >= 15 is 0 Å². The van der Waals surface area contributed by atoms with Crippen molar-refractivity contribution >= 4 is 17.5 Å². The van der Waals surface area contributed by atoms with Crippen LogP contribution in [0.2, 0.25) is 0 Å². The van der Waals surface area contributed by atoms with Gasteiger partial charge in [-0.25, -0.2) is 19.8 Å². The van der Waals surface area contributed by atoms with Gasteiger partial charge in [-0.15, -0.1) is 0 Å². The number of rotatable bonds is 5.